The van der Waals surface area contributed by atoms with Gasteiger partial charge in [0.15, 0.2) is 9.84 Å². The molecule has 206 valence electrons. The molecule has 1 aliphatic heterocycles. The van der Waals surface area contributed by atoms with Crippen LogP contribution in [-0.4, -0.2) is 37.1 Å². The lowest BCUT2D eigenvalue weighted by atomic mass is 9.73. The molecule has 0 fully saturated rings. The number of halogens is 4. The van der Waals surface area contributed by atoms with E-state index >= 15 is 8.78 Å². The predicted octanol–water partition coefficient (Wildman–Crippen LogP) is 7.40. The van der Waals surface area contributed by atoms with Gasteiger partial charge in [-0.2, -0.15) is 0 Å². The number of sulfone groups is 1. The minimum atomic E-state index is -4.52. The molecule has 0 bridgehead atoms. The van der Waals surface area contributed by atoms with Crippen molar-refractivity contribution in [3.63, 3.8) is 0 Å². The van der Waals surface area contributed by atoms with Gasteiger partial charge in [0.05, 0.1) is 11.5 Å². The van der Waals surface area contributed by atoms with Crippen molar-refractivity contribution in [3.05, 3.63) is 93.0 Å². The smallest absolute Gasteiger partial charge is 0.268 e. The summed E-state index contributed by atoms with van der Waals surface area (Å²) in [6, 6.07) is 17.5. The lowest BCUT2D eigenvalue weighted by Gasteiger charge is -2.41. The van der Waals surface area contributed by atoms with Crippen LogP contribution in [0.3, 0.4) is 0 Å². The Hall–Kier alpha value is -2.46. The molecule has 5 nitrogen and oxygen atoms in total. The second-order valence-corrected chi connectivity index (χ2v) is 14.0. The Balaban J connectivity index is 1.70. The third-order valence-corrected chi connectivity index (χ3v) is 10.2. The Bertz CT molecular complexity index is 1640. The van der Waals surface area contributed by atoms with Crippen LogP contribution in [-0.2, 0) is 21.7 Å². The van der Waals surface area contributed by atoms with E-state index in [1.165, 1.54) is 30.3 Å². The Kier molecular flexibility index (Phi) is 7.33. The third kappa shape index (κ3) is 5.10. The van der Waals surface area contributed by atoms with Crippen LogP contribution in [0.2, 0.25) is 5.02 Å². The van der Waals surface area contributed by atoms with E-state index in [2.05, 4.69) is 20.9 Å². The maximum Gasteiger partial charge on any atom is 0.268 e. The topological polar surface area (TPSA) is 79.4 Å². The van der Waals surface area contributed by atoms with Crippen molar-refractivity contribution >= 4 is 48.3 Å². The molecule has 4 aromatic rings. The Morgan fingerprint density at radius 3 is 2.51 bits per heavy atom. The molecule has 0 saturated carbocycles. The number of rotatable bonds is 8. The highest BCUT2D eigenvalue weighted by Gasteiger charge is 2.56. The van der Waals surface area contributed by atoms with Gasteiger partial charge in [0, 0.05) is 38.1 Å². The highest BCUT2D eigenvalue weighted by molar-refractivity contribution is 9.10. The van der Waals surface area contributed by atoms with Crippen molar-refractivity contribution in [2.75, 3.05) is 6.61 Å². The number of H-pyrrole nitrogens is 1. The number of aliphatic hydroxyl groups is 1. The second-order valence-electron chi connectivity index (χ2n) is 10.6. The number of aromatic amines is 1. The van der Waals surface area contributed by atoms with Gasteiger partial charge in [-0.25, -0.2) is 17.2 Å². The highest BCUT2D eigenvalue weighted by Crippen LogP contribution is 2.50. The molecule has 0 spiro atoms. The van der Waals surface area contributed by atoms with Crippen LogP contribution in [0.5, 0.6) is 5.75 Å². The zero-order valence-corrected chi connectivity index (χ0v) is 24.4. The van der Waals surface area contributed by atoms with Gasteiger partial charge in [0.25, 0.3) is 6.43 Å². The van der Waals surface area contributed by atoms with Gasteiger partial charge >= 0.3 is 0 Å². The molecule has 0 aliphatic carbocycles. The summed E-state index contributed by atoms with van der Waals surface area (Å²) in [4.78, 5) is 2.83. The molecular weight excluding hydrogens is 612 g/mol. The van der Waals surface area contributed by atoms with Gasteiger partial charge in [-0.05, 0) is 65.9 Å². The molecule has 39 heavy (non-hydrogen) atoms. The summed E-state index contributed by atoms with van der Waals surface area (Å²) in [5, 5.41) is 11.0. The SMILES string of the molecule is CC(C)(CC(O)(C(F)F)C(c1cc2cc(Br)ccc2[nH]1)S(=O)(=O)c1ccccc1)c1cc(Cl)cc2c1OCC2. The molecule has 2 atom stereocenters. The highest BCUT2D eigenvalue weighted by atomic mass is 79.9. The molecule has 2 heterocycles. The Labute approximate surface area is 239 Å². The van der Waals surface area contributed by atoms with Crippen LogP contribution < -0.4 is 4.74 Å². The van der Waals surface area contributed by atoms with Crippen LogP contribution in [0, 0.1) is 0 Å². The molecule has 10 heteroatoms. The lowest BCUT2D eigenvalue weighted by molar-refractivity contribution is -0.114. The number of nitrogens with one attached hydrogen (secondary N) is 1. The summed E-state index contributed by atoms with van der Waals surface area (Å²) in [7, 11) is -4.52. The first-order valence-electron chi connectivity index (χ1n) is 12.4. The summed E-state index contributed by atoms with van der Waals surface area (Å²) in [5.74, 6) is 0.541. The minimum absolute atomic E-state index is 0.0295. The quantitative estimate of drug-likeness (QED) is 0.211. The van der Waals surface area contributed by atoms with Crippen molar-refractivity contribution in [2.45, 2.75) is 54.3 Å². The average molecular weight is 639 g/mol. The van der Waals surface area contributed by atoms with Crippen LogP contribution in [0.25, 0.3) is 10.9 Å². The fourth-order valence-electron chi connectivity index (χ4n) is 5.58. The van der Waals surface area contributed by atoms with Crippen molar-refractivity contribution in [1.29, 1.82) is 0 Å². The monoisotopic (exact) mass is 637 g/mol. The third-order valence-electron chi connectivity index (χ3n) is 7.30. The van der Waals surface area contributed by atoms with Gasteiger partial charge in [0.1, 0.15) is 16.6 Å². The van der Waals surface area contributed by atoms with E-state index in [0.29, 0.717) is 40.3 Å². The summed E-state index contributed by atoms with van der Waals surface area (Å²) in [5.41, 5.74) is -2.23. The lowest BCUT2D eigenvalue weighted by Crippen LogP contribution is -2.50. The van der Waals surface area contributed by atoms with E-state index in [1.807, 2.05) is 0 Å². The second kappa shape index (κ2) is 10.2. The number of benzene rings is 3. The number of hydrogen-bond donors (Lipinski definition) is 2. The van der Waals surface area contributed by atoms with Gasteiger partial charge < -0.3 is 14.8 Å². The standard InChI is InChI=1S/C29H27BrClF2NO4S/c1-28(2,22-15-20(31)13-17-10-11-38-25(17)22)16-29(35,27(32)33)26(39(36,37)21-6-4-3-5-7-21)24-14-18-12-19(30)8-9-23(18)34-24/h3-9,12-15,26-27,34-35H,10-11,16H2,1-2H3. The molecule has 2 N–H and O–H groups in total. The number of alkyl halides is 2. The fraction of sp³-hybridized carbons (Fsp3) is 0.310. The van der Waals surface area contributed by atoms with E-state index in [1.54, 1.807) is 50.2 Å². The fourth-order valence-corrected chi connectivity index (χ4v) is 8.19. The van der Waals surface area contributed by atoms with E-state index in [4.69, 9.17) is 16.3 Å². The minimum Gasteiger partial charge on any atom is -0.493 e. The van der Waals surface area contributed by atoms with Gasteiger partial charge in [-0.3, -0.25) is 0 Å². The zero-order chi connectivity index (χ0) is 28.2. The summed E-state index contributed by atoms with van der Waals surface area (Å²) in [6.45, 7) is 3.79. The number of ether oxygens (including phenoxy) is 1. The molecule has 2 unspecified atom stereocenters. The van der Waals surface area contributed by atoms with Crippen molar-refractivity contribution in [1.82, 2.24) is 4.98 Å². The molecule has 0 amide bonds. The van der Waals surface area contributed by atoms with Crippen molar-refractivity contribution in [2.24, 2.45) is 0 Å². The van der Waals surface area contributed by atoms with Gasteiger partial charge in [-0.1, -0.05) is 59.6 Å². The maximum atomic E-state index is 15.2. The van der Waals surface area contributed by atoms with E-state index in [0.717, 1.165) is 10.0 Å². The molecule has 0 saturated heterocycles. The van der Waals surface area contributed by atoms with Gasteiger partial charge in [-0.15, -0.1) is 0 Å². The zero-order valence-electron chi connectivity index (χ0n) is 21.2. The first-order chi connectivity index (χ1) is 18.3. The summed E-state index contributed by atoms with van der Waals surface area (Å²) >= 11 is 9.76. The molecule has 5 rings (SSSR count). The van der Waals surface area contributed by atoms with E-state index in [-0.39, 0.29) is 10.6 Å². The average Bonchev–Trinajstić information content (AvgIpc) is 3.49. The summed E-state index contributed by atoms with van der Waals surface area (Å²) in [6.07, 6.45) is -3.39. The van der Waals surface area contributed by atoms with Gasteiger partial charge in [0.2, 0.25) is 0 Å². The van der Waals surface area contributed by atoms with Crippen molar-refractivity contribution < 1.29 is 27.0 Å². The first-order valence-corrected chi connectivity index (χ1v) is 15.1. The van der Waals surface area contributed by atoms with E-state index in [9.17, 15) is 13.5 Å². The van der Waals surface area contributed by atoms with Crippen molar-refractivity contribution in [3.8, 4) is 5.75 Å². The molecular formula is C29H27BrClF2NO4S. The number of hydrogen-bond acceptors (Lipinski definition) is 4. The molecule has 1 aromatic heterocycles. The first kappa shape index (κ1) is 28.1. The van der Waals surface area contributed by atoms with E-state index < -0.39 is 38.9 Å². The maximum absolute atomic E-state index is 15.2. The number of aromatic nitrogens is 1. The molecule has 0 radical (unpaired) electrons. The largest absolute Gasteiger partial charge is 0.493 e. The van der Waals surface area contributed by atoms with Crippen LogP contribution in [0.15, 0.2) is 76.1 Å². The Morgan fingerprint density at radius 1 is 1.10 bits per heavy atom. The normalized spacial score (nSPS) is 16.2. The number of fused-ring (bicyclic) bond motifs is 2. The van der Waals surface area contributed by atoms with Crippen LogP contribution in [0.1, 0.15) is 42.3 Å². The predicted molar refractivity (Wildman–Crippen MR) is 152 cm³/mol. The Morgan fingerprint density at radius 2 is 1.82 bits per heavy atom. The van der Waals surface area contributed by atoms with Crippen LogP contribution in [0.4, 0.5) is 8.78 Å². The van der Waals surface area contributed by atoms with Crippen LogP contribution >= 0.6 is 27.5 Å². The molecule has 3 aromatic carbocycles. The molecule has 1 aliphatic rings. The summed E-state index contributed by atoms with van der Waals surface area (Å²) < 4.78 is 65.2.